The fraction of sp³-hybridized carbons (Fsp3) is 0.625. The number of esters is 1. The molecule has 1 aliphatic rings. The fourth-order valence-corrected chi connectivity index (χ4v) is 2.31. The molecule has 5 heteroatoms. The van der Waals surface area contributed by atoms with Gasteiger partial charge in [-0.2, -0.15) is 0 Å². The third kappa shape index (κ3) is 5.01. The molecule has 5 nitrogen and oxygen atoms in total. The van der Waals surface area contributed by atoms with Crippen molar-refractivity contribution in [2.24, 2.45) is 0 Å². The van der Waals surface area contributed by atoms with E-state index in [9.17, 15) is 9.59 Å². The molecule has 0 saturated carbocycles. The minimum absolute atomic E-state index is 0.00334. The van der Waals surface area contributed by atoms with Gasteiger partial charge in [-0.05, 0) is 39.2 Å². The maximum absolute atomic E-state index is 12.2. The molecule has 1 saturated heterocycles. The molecular formula is C16H26N2O3. The summed E-state index contributed by atoms with van der Waals surface area (Å²) in [6.07, 6.45) is 7.40. The molecule has 0 aliphatic carbocycles. The molecule has 1 heterocycles. The molecule has 0 bridgehead atoms. The van der Waals surface area contributed by atoms with Gasteiger partial charge < -0.3 is 4.74 Å². The maximum atomic E-state index is 12.2. The molecular weight excluding hydrogens is 268 g/mol. The van der Waals surface area contributed by atoms with E-state index in [1.165, 1.54) is 5.01 Å². The normalized spacial score (nSPS) is 21.4. The summed E-state index contributed by atoms with van der Waals surface area (Å²) < 4.78 is 5.50. The highest BCUT2D eigenvalue weighted by molar-refractivity contribution is 5.79. The average Bonchev–Trinajstić information content (AvgIpc) is 2.51. The van der Waals surface area contributed by atoms with Crippen molar-refractivity contribution in [1.29, 1.82) is 0 Å². The predicted molar refractivity (Wildman–Crippen MR) is 82.3 cm³/mol. The number of hydrazine groups is 1. The van der Waals surface area contributed by atoms with Crippen molar-refractivity contribution in [3.05, 3.63) is 23.8 Å². The zero-order valence-corrected chi connectivity index (χ0v) is 13.4. The molecule has 1 aliphatic heterocycles. The molecule has 0 aromatic carbocycles. The van der Waals surface area contributed by atoms with Crippen LogP contribution in [0.15, 0.2) is 23.8 Å². The first-order valence-corrected chi connectivity index (χ1v) is 7.59. The molecule has 0 radical (unpaired) electrons. The topological polar surface area (TPSA) is 58.6 Å². The van der Waals surface area contributed by atoms with Gasteiger partial charge in [0.15, 0.2) is 0 Å². The van der Waals surface area contributed by atoms with Gasteiger partial charge in [-0.15, -0.1) is 0 Å². The number of hydrogen-bond donors (Lipinski definition) is 1. The van der Waals surface area contributed by atoms with Crippen LogP contribution in [0.5, 0.6) is 0 Å². The summed E-state index contributed by atoms with van der Waals surface area (Å²) in [5, 5.41) is 1.53. The number of amides is 1. The molecule has 1 fully saturated rings. The van der Waals surface area contributed by atoms with Gasteiger partial charge in [0.1, 0.15) is 12.1 Å². The fourth-order valence-electron chi connectivity index (χ4n) is 2.31. The quantitative estimate of drug-likeness (QED) is 0.624. The van der Waals surface area contributed by atoms with E-state index >= 15 is 0 Å². The average molecular weight is 294 g/mol. The predicted octanol–water partition coefficient (Wildman–Crippen LogP) is 2.35. The molecule has 2 unspecified atom stereocenters. The Bertz CT molecular complexity index is 429. The molecule has 0 aromatic rings. The van der Waals surface area contributed by atoms with E-state index in [0.717, 1.165) is 12.0 Å². The van der Waals surface area contributed by atoms with E-state index in [-0.39, 0.29) is 18.0 Å². The van der Waals surface area contributed by atoms with Crippen LogP contribution in [0, 0.1) is 0 Å². The summed E-state index contributed by atoms with van der Waals surface area (Å²) in [6.45, 7) is 8.15. The van der Waals surface area contributed by atoms with Crippen LogP contribution in [0.25, 0.3) is 0 Å². The Morgan fingerprint density at radius 3 is 2.71 bits per heavy atom. The Morgan fingerprint density at radius 1 is 1.43 bits per heavy atom. The van der Waals surface area contributed by atoms with Gasteiger partial charge in [0, 0.05) is 13.0 Å². The number of carbonyl (C=O) groups is 2. The highest BCUT2D eigenvalue weighted by atomic mass is 16.5. The van der Waals surface area contributed by atoms with Crippen molar-refractivity contribution in [3.63, 3.8) is 0 Å². The van der Waals surface area contributed by atoms with Crippen molar-refractivity contribution in [2.75, 3.05) is 6.54 Å². The smallest absolute Gasteiger partial charge is 0.325 e. The number of rotatable bonds is 5. The molecule has 21 heavy (non-hydrogen) atoms. The Hall–Kier alpha value is -1.62. The lowest BCUT2D eigenvalue weighted by Crippen LogP contribution is -2.55. The first kappa shape index (κ1) is 17.4. The third-order valence-corrected chi connectivity index (χ3v) is 3.53. The van der Waals surface area contributed by atoms with Gasteiger partial charge in [-0.3, -0.25) is 14.6 Å². The summed E-state index contributed by atoms with van der Waals surface area (Å²) in [5.74, 6) is -0.302. The van der Waals surface area contributed by atoms with E-state index in [1.807, 2.05) is 45.9 Å². The van der Waals surface area contributed by atoms with E-state index in [0.29, 0.717) is 19.4 Å². The van der Waals surface area contributed by atoms with Crippen molar-refractivity contribution in [3.8, 4) is 0 Å². The molecule has 1 amide bonds. The summed E-state index contributed by atoms with van der Waals surface area (Å²) in [7, 11) is 0. The lowest BCUT2D eigenvalue weighted by atomic mass is 10.1. The minimum Gasteiger partial charge on any atom is -0.457 e. The highest BCUT2D eigenvalue weighted by Gasteiger charge is 2.29. The number of nitrogens with one attached hydrogen (secondary N) is 1. The van der Waals surface area contributed by atoms with Gasteiger partial charge in [-0.1, -0.05) is 25.2 Å². The lowest BCUT2D eigenvalue weighted by Gasteiger charge is -2.33. The number of ether oxygens (including phenoxy) is 1. The SMILES string of the molecule is CC=CC(=CC)C(C)OC(=O)C1CCCN(C(=O)CC)N1. The zero-order valence-electron chi connectivity index (χ0n) is 13.4. The molecule has 0 aromatic heterocycles. The van der Waals surface area contributed by atoms with Gasteiger partial charge in [0.2, 0.25) is 5.91 Å². The Morgan fingerprint density at radius 2 is 2.14 bits per heavy atom. The van der Waals surface area contributed by atoms with Crippen LogP contribution in [0.4, 0.5) is 0 Å². The second-order valence-electron chi connectivity index (χ2n) is 5.09. The standard InChI is InChI=1S/C16H26N2O3/c1-5-9-13(6-2)12(4)21-16(20)14-10-8-11-18(17-14)15(19)7-3/h5-6,9,12,14,17H,7-8,10-11H2,1-4H3. The van der Waals surface area contributed by atoms with E-state index in [2.05, 4.69) is 5.43 Å². The summed E-state index contributed by atoms with van der Waals surface area (Å²) in [6, 6.07) is -0.444. The highest BCUT2D eigenvalue weighted by Crippen LogP contribution is 2.14. The van der Waals surface area contributed by atoms with Crippen LogP contribution in [0.1, 0.15) is 47.0 Å². The molecule has 1 N–H and O–H groups in total. The van der Waals surface area contributed by atoms with Crippen LogP contribution in [-0.2, 0) is 14.3 Å². The van der Waals surface area contributed by atoms with Gasteiger partial charge in [-0.25, -0.2) is 5.43 Å². The van der Waals surface area contributed by atoms with E-state index in [1.54, 1.807) is 0 Å². The van der Waals surface area contributed by atoms with Crippen molar-refractivity contribution in [1.82, 2.24) is 10.4 Å². The second kappa shape index (κ2) is 8.62. The van der Waals surface area contributed by atoms with E-state index < -0.39 is 6.04 Å². The second-order valence-corrected chi connectivity index (χ2v) is 5.09. The Balaban J connectivity index is 2.60. The number of allylic oxidation sites excluding steroid dienone is 2. The largest absolute Gasteiger partial charge is 0.457 e. The number of carbonyl (C=O) groups excluding carboxylic acids is 2. The zero-order chi connectivity index (χ0) is 15.8. The number of hydrogen-bond acceptors (Lipinski definition) is 4. The summed E-state index contributed by atoms with van der Waals surface area (Å²) in [5.41, 5.74) is 3.93. The summed E-state index contributed by atoms with van der Waals surface area (Å²) >= 11 is 0. The van der Waals surface area contributed by atoms with Gasteiger partial charge in [0.05, 0.1) is 0 Å². The van der Waals surface area contributed by atoms with Gasteiger partial charge >= 0.3 is 5.97 Å². The molecule has 0 spiro atoms. The Labute approximate surface area is 127 Å². The van der Waals surface area contributed by atoms with Crippen LogP contribution in [0.2, 0.25) is 0 Å². The first-order valence-electron chi connectivity index (χ1n) is 7.59. The van der Waals surface area contributed by atoms with Crippen LogP contribution < -0.4 is 5.43 Å². The van der Waals surface area contributed by atoms with Crippen LogP contribution >= 0.6 is 0 Å². The number of nitrogens with zero attached hydrogens (tertiary/aromatic N) is 1. The van der Waals surface area contributed by atoms with Gasteiger partial charge in [0.25, 0.3) is 0 Å². The molecule has 1 rings (SSSR count). The van der Waals surface area contributed by atoms with Crippen LogP contribution in [0.3, 0.4) is 0 Å². The van der Waals surface area contributed by atoms with Crippen molar-refractivity contribution < 1.29 is 14.3 Å². The third-order valence-electron chi connectivity index (χ3n) is 3.53. The van der Waals surface area contributed by atoms with E-state index in [4.69, 9.17) is 4.74 Å². The Kier molecular flexibility index (Phi) is 7.15. The summed E-state index contributed by atoms with van der Waals surface area (Å²) in [4.78, 5) is 23.9. The van der Waals surface area contributed by atoms with Crippen LogP contribution in [-0.4, -0.2) is 35.6 Å². The monoisotopic (exact) mass is 294 g/mol. The lowest BCUT2D eigenvalue weighted by molar-refractivity contribution is -0.154. The first-order chi connectivity index (χ1) is 10.0. The molecule has 2 atom stereocenters. The minimum atomic E-state index is -0.444. The van der Waals surface area contributed by atoms with Crippen molar-refractivity contribution >= 4 is 11.9 Å². The van der Waals surface area contributed by atoms with Crippen molar-refractivity contribution in [2.45, 2.75) is 59.1 Å². The maximum Gasteiger partial charge on any atom is 0.325 e. The molecule has 118 valence electrons.